The molecule has 4 N–H and O–H groups in total. The highest BCUT2D eigenvalue weighted by Crippen LogP contribution is 2.10. The number of nitrogens with two attached hydrogens (primary N) is 1. The van der Waals surface area contributed by atoms with Gasteiger partial charge in [0.05, 0.1) is 6.54 Å². The van der Waals surface area contributed by atoms with Gasteiger partial charge in [0.25, 0.3) is 5.91 Å². The fraction of sp³-hybridized carbons (Fsp3) is 0.429. The Morgan fingerprint density at radius 3 is 3.14 bits per heavy atom. The zero-order valence-corrected chi connectivity index (χ0v) is 8.37. The first-order chi connectivity index (χ1) is 6.63. The number of nitrogen functional groups attached to an aromatic ring is 1. The highest BCUT2D eigenvalue weighted by Gasteiger charge is 2.10. The second kappa shape index (κ2) is 4.89. The molecule has 0 saturated heterocycles. The SMILES string of the molecule is COC(O)CNC(=O)c1csc(N)n1. The number of hydrogen-bond donors (Lipinski definition) is 3. The molecule has 0 saturated carbocycles. The van der Waals surface area contributed by atoms with Crippen LogP contribution < -0.4 is 11.1 Å². The van der Waals surface area contributed by atoms with Crippen LogP contribution in [0.4, 0.5) is 5.13 Å². The number of aliphatic hydroxyl groups is 1. The van der Waals surface area contributed by atoms with Gasteiger partial charge in [0, 0.05) is 12.5 Å². The molecule has 0 bridgehead atoms. The van der Waals surface area contributed by atoms with Crippen molar-refractivity contribution in [3.8, 4) is 0 Å². The Kier molecular flexibility index (Phi) is 3.81. The summed E-state index contributed by atoms with van der Waals surface area (Å²) in [7, 11) is 1.34. The Morgan fingerprint density at radius 1 is 1.93 bits per heavy atom. The number of carbonyl (C=O) groups is 1. The summed E-state index contributed by atoms with van der Waals surface area (Å²) in [4.78, 5) is 15.1. The van der Waals surface area contributed by atoms with E-state index < -0.39 is 6.29 Å². The molecule has 0 radical (unpaired) electrons. The molecular formula is C7H11N3O3S. The quantitative estimate of drug-likeness (QED) is 0.586. The predicted molar refractivity (Wildman–Crippen MR) is 51.9 cm³/mol. The van der Waals surface area contributed by atoms with Crippen LogP contribution in [0, 0.1) is 0 Å². The maximum Gasteiger partial charge on any atom is 0.271 e. The third-order valence-corrected chi connectivity index (χ3v) is 2.14. The fourth-order valence-corrected chi connectivity index (χ4v) is 1.29. The lowest BCUT2D eigenvalue weighted by Crippen LogP contribution is -2.33. The van der Waals surface area contributed by atoms with Crippen LogP contribution in [0.2, 0.25) is 0 Å². The lowest BCUT2D eigenvalue weighted by Gasteiger charge is -2.08. The largest absolute Gasteiger partial charge is 0.375 e. The molecule has 6 nitrogen and oxygen atoms in total. The zero-order valence-electron chi connectivity index (χ0n) is 7.56. The molecule has 14 heavy (non-hydrogen) atoms. The minimum absolute atomic E-state index is 0.0206. The van der Waals surface area contributed by atoms with Crippen LogP contribution in [0.3, 0.4) is 0 Å². The highest BCUT2D eigenvalue weighted by atomic mass is 32.1. The fourth-order valence-electron chi connectivity index (χ4n) is 0.746. The van der Waals surface area contributed by atoms with Crippen molar-refractivity contribution < 1.29 is 14.6 Å². The Bertz CT molecular complexity index is 315. The van der Waals surface area contributed by atoms with Crippen LogP contribution >= 0.6 is 11.3 Å². The second-order valence-corrected chi connectivity index (χ2v) is 3.36. The van der Waals surface area contributed by atoms with Gasteiger partial charge in [-0.05, 0) is 0 Å². The van der Waals surface area contributed by atoms with E-state index in [1.165, 1.54) is 18.4 Å². The summed E-state index contributed by atoms with van der Waals surface area (Å²) in [5.74, 6) is -0.381. The Balaban J connectivity index is 2.43. The summed E-state index contributed by atoms with van der Waals surface area (Å²) in [6.07, 6.45) is -1.00. The van der Waals surface area contributed by atoms with E-state index in [9.17, 15) is 4.79 Å². The van der Waals surface area contributed by atoms with E-state index in [0.29, 0.717) is 5.13 Å². The lowest BCUT2D eigenvalue weighted by molar-refractivity contribution is -0.0694. The average Bonchev–Trinajstić information content (AvgIpc) is 2.60. The van der Waals surface area contributed by atoms with E-state index in [4.69, 9.17) is 10.8 Å². The first-order valence-corrected chi connectivity index (χ1v) is 4.71. The molecule has 78 valence electrons. The average molecular weight is 217 g/mol. The third-order valence-electron chi connectivity index (χ3n) is 1.46. The predicted octanol–water partition coefficient (Wildman–Crippen LogP) is -0.580. The first kappa shape index (κ1) is 10.9. The Hall–Kier alpha value is -1.18. The van der Waals surface area contributed by atoms with E-state index in [2.05, 4.69) is 15.0 Å². The number of aromatic nitrogens is 1. The smallest absolute Gasteiger partial charge is 0.271 e. The van der Waals surface area contributed by atoms with Gasteiger partial charge in [-0.1, -0.05) is 0 Å². The van der Waals surface area contributed by atoms with Gasteiger partial charge in [0.1, 0.15) is 5.69 Å². The number of hydrogen-bond acceptors (Lipinski definition) is 6. The van der Waals surface area contributed by atoms with E-state index >= 15 is 0 Å². The number of anilines is 1. The molecule has 1 amide bonds. The van der Waals surface area contributed by atoms with Gasteiger partial charge in [0.2, 0.25) is 0 Å². The van der Waals surface area contributed by atoms with Crippen LogP contribution in [0.1, 0.15) is 10.5 Å². The van der Waals surface area contributed by atoms with E-state index in [1.807, 2.05) is 0 Å². The van der Waals surface area contributed by atoms with E-state index in [-0.39, 0.29) is 18.1 Å². The molecule has 0 fully saturated rings. The molecule has 0 spiro atoms. The number of nitrogens with one attached hydrogen (secondary N) is 1. The summed E-state index contributed by atoms with van der Waals surface area (Å²) in [6, 6.07) is 0. The number of methoxy groups -OCH3 is 1. The number of amides is 1. The molecule has 1 rings (SSSR count). The van der Waals surface area contributed by atoms with Crippen molar-refractivity contribution in [1.82, 2.24) is 10.3 Å². The number of nitrogens with zero attached hydrogens (tertiary/aromatic N) is 1. The molecule has 0 aliphatic rings. The maximum absolute atomic E-state index is 11.3. The van der Waals surface area contributed by atoms with Crippen molar-refractivity contribution in [2.45, 2.75) is 6.29 Å². The lowest BCUT2D eigenvalue weighted by atomic mass is 10.4. The molecular weight excluding hydrogens is 206 g/mol. The van der Waals surface area contributed by atoms with Crippen molar-refractivity contribution >= 4 is 22.4 Å². The van der Waals surface area contributed by atoms with Gasteiger partial charge < -0.3 is 20.9 Å². The zero-order chi connectivity index (χ0) is 10.6. The molecule has 1 aromatic rings. The van der Waals surface area contributed by atoms with Crippen LogP contribution in [0.25, 0.3) is 0 Å². The van der Waals surface area contributed by atoms with Gasteiger partial charge in [-0.25, -0.2) is 4.98 Å². The molecule has 0 aliphatic heterocycles. The normalized spacial score (nSPS) is 12.4. The van der Waals surface area contributed by atoms with E-state index in [0.717, 1.165) is 0 Å². The first-order valence-electron chi connectivity index (χ1n) is 3.83. The summed E-state index contributed by atoms with van der Waals surface area (Å²) < 4.78 is 4.54. The summed E-state index contributed by atoms with van der Waals surface area (Å²) in [5.41, 5.74) is 5.60. The number of ether oxygens (including phenoxy) is 1. The molecule has 0 aromatic carbocycles. The van der Waals surface area contributed by atoms with Crippen molar-refractivity contribution in [2.75, 3.05) is 19.4 Å². The van der Waals surface area contributed by atoms with Gasteiger partial charge in [-0.15, -0.1) is 11.3 Å². The van der Waals surface area contributed by atoms with Crippen LogP contribution in [-0.2, 0) is 4.74 Å². The number of thiazole rings is 1. The van der Waals surface area contributed by atoms with Gasteiger partial charge >= 0.3 is 0 Å². The maximum atomic E-state index is 11.3. The molecule has 7 heteroatoms. The minimum Gasteiger partial charge on any atom is -0.375 e. The van der Waals surface area contributed by atoms with Gasteiger partial charge in [-0.3, -0.25) is 4.79 Å². The van der Waals surface area contributed by atoms with Crippen molar-refractivity contribution in [2.24, 2.45) is 0 Å². The van der Waals surface area contributed by atoms with Gasteiger partial charge in [-0.2, -0.15) is 0 Å². The van der Waals surface area contributed by atoms with Crippen LogP contribution in [0.5, 0.6) is 0 Å². The standard InChI is InChI=1S/C7H11N3O3S/c1-13-5(11)2-9-6(12)4-3-14-7(8)10-4/h3,5,11H,2H2,1H3,(H2,8,10)(H,9,12). The summed E-state index contributed by atoms with van der Waals surface area (Å²) in [6.45, 7) is 0.0206. The van der Waals surface area contributed by atoms with Crippen LogP contribution in [-0.4, -0.2) is 35.9 Å². The second-order valence-electron chi connectivity index (χ2n) is 2.47. The molecule has 1 atom stereocenters. The minimum atomic E-state index is -1.00. The van der Waals surface area contributed by atoms with E-state index in [1.54, 1.807) is 5.38 Å². The van der Waals surface area contributed by atoms with Crippen molar-refractivity contribution in [3.05, 3.63) is 11.1 Å². The third kappa shape index (κ3) is 2.95. The topological polar surface area (TPSA) is 97.5 Å². The Morgan fingerprint density at radius 2 is 2.64 bits per heavy atom. The van der Waals surface area contributed by atoms with Crippen molar-refractivity contribution in [3.63, 3.8) is 0 Å². The molecule has 1 unspecified atom stereocenters. The highest BCUT2D eigenvalue weighted by molar-refractivity contribution is 7.13. The number of aliphatic hydroxyl groups excluding tert-OH is 1. The summed E-state index contributed by atoms with van der Waals surface area (Å²) >= 11 is 1.18. The number of carbonyl (C=O) groups excluding carboxylic acids is 1. The Labute approximate surface area is 84.7 Å². The molecule has 1 aromatic heterocycles. The van der Waals surface area contributed by atoms with Crippen LogP contribution in [0.15, 0.2) is 5.38 Å². The molecule has 1 heterocycles. The monoisotopic (exact) mass is 217 g/mol. The van der Waals surface area contributed by atoms with Gasteiger partial charge in [0.15, 0.2) is 11.4 Å². The number of rotatable bonds is 4. The molecule has 0 aliphatic carbocycles. The van der Waals surface area contributed by atoms with Crippen molar-refractivity contribution in [1.29, 1.82) is 0 Å². The summed E-state index contributed by atoms with van der Waals surface area (Å²) in [5, 5.41) is 13.3.